The van der Waals surface area contributed by atoms with Crippen LogP contribution >= 0.6 is 90.4 Å². The van der Waals surface area contributed by atoms with Crippen molar-refractivity contribution < 1.29 is 0 Å². The van der Waals surface area contributed by atoms with Crippen molar-refractivity contribution in [2.24, 2.45) is 0 Å². The molecule has 0 radical (unpaired) electrons. The van der Waals surface area contributed by atoms with Gasteiger partial charge in [0.1, 0.15) is 0 Å². The summed E-state index contributed by atoms with van der Waals surface area (Å²) in [4.78, 5) is 0. The van der Waals surface area contributed by atoms with Crippen LogP contribution in [0.15, 0.2) is 60.7 Å². The third kappa shape index (κ3) is 5.29. The zero-order valence-corrected chi connectivity index (χ0v) is 21.3. The van der Waals surface area contributed by atoms with Crippen LogP contribution in [0.4, 0.5) is 0 Å². The van der Waals surface area contributed by atoms with Gasteiger partial charge in [-0.3, -0.25) is 0 Å². The van der Waals surface area contributed by atoms with Crippen molar-refractivity contribution in [3.63, 3.8) is 0 Å². The van der Waals surface area contributed by atoms with Gasteiger partial charge in [0.2, 0.25) is 0 Å². The van der Waals surface area contributed by atoms with Crippen LogP contribution < -0.4 is 0 Å². The minimum Gasteiger partial charge on any atom is -0.0577 e. The van der Waals surface area contributed by atoms with E-state index in [-0.39, 0.29) is 0 Å². The summed E-state index contributed by atoms with van der Waals surface area (Å²) in [6, 6.07) is 22.3. The molecule has 0 saturated heterocycles. The lowest BCUT2D eigenvalue weighted by molar-refractivity contribution is 1.12. The van der Waals surface area contributed by atoms with Crippen molar-refractivity contribution in [3.8, 4) is 0 Å². The highest BCUT2D eigenvalue weighted by atomic mass is 127. The first-order chi connectivity index (χ1) is 11.5. The van der Waals surface area contributed by atoms with Crippen molar-refractivity contribution in [1.82, 2.24) is 0 Å². The summed E-state index contributed by atoms with van der Waals surface area (Å²) in [7, 11) is 0. The maximum Gasteiger partial charge on any atom is 0.0169 e. The van der Waals surface area contributed by atoms with E-state index in [1.807, 2.05) is 0 Å². The molecule has 4 heteroatoms. The lowest BCUT2D eigenvalue weighted by Gasteiger charge is -2.11. The van der Waals surface area contributed by atoms with Gasteiger partial charge in [0, 0.05) is 14.3 Å². The van der Waals surface area contributed by atoms with Gasteiger partial charge < -0.3 is 0 Å². The molecule has 3 aromatic carbocycles. The number of halogens is 4. The van der Waals surface area contributed by atoms with Crippen LogP contribution in [0.3, 0.4) is 0 Å². The first kappa shape index (κ1) is 19.3. The first-order valence-corrected chi connectivity index (χ1v) is 11.8. The van der Waals surface area contributed by atoms with Gasteiger partial charge in [0.15, 0.2) is 0 Å². The van der Waals surface area contributed by atoms with E-state index in [0.29, 0.717) is 0 Å². The highest BCUT2D eigenvalue weighted by Crippen LogP contribution is 2.25. The van der Waals surface area contributed by atoms with Crippen molar-refractivity contribution >= 4 is 90.4 Å². The second-order valence-corrected chi connectivity index (χ2v) is 10.5. The van der Waals surface area contributed by atoms with Gasteiger partial charge >= 0.3 is 0 Å². The topological polar surface area (TPSA) is 0 Å². The zero-order chi connectivity index (χ0) is 17.1. The van der Waals surface area contributed by atoms with Crippen LogP contribution in [-0.4, -0.2) is 0 Å². The summed E-state index contributed by atoms with van der Waals surface area (Å²) in [6.07, 6.45) is 1.99. The first-order valence-electron chi connectivity index (χ1n) is 7.47. The third-order valence-electron chi connectivity index (χ3n) is 3.83. The molecule has 0 N–H and O–H groups in total. The average molecular weight is 762 g/mol. The van der Waals surface area contributed by atoms with Crippen LogP contribution in [0.5, 0.6) is 0 Å². The Morgan fingerprint density at radius 3 is 1.17 bits per heavy atom. The van der Waals surface area contributed by atoms with Crippen LogP contribution in [0.1, 0.15) is 22.3 Å². The molecule has 0 amide bonds. The molecule has 0 unspecified atom stereocenters. The quantitative estimate of drug-likeness (QED) is 0.246. The molecule has 0 aliphatic rings. The Morgan fingerprint density at radius 1 is 0.500 bits per heavy atom. The van der Waals surface area contributed by atoms with Crippen molar-refractivity contribution in [1.29, 1.82) is 0 Å². The van der Waals surface area contributed by atoms with Crippen molar-refractivity contribution in [2.45, 2.75) is 12.8 Å². The lowest BCUT2D eigenvalue weighted by Crippen LogP contribution is -1.98. The summed E-state index contributed by atoms with van der Waals surface area (Å²) < 4.78 is 5.28. The van der Waals surface area contributed by atoms with Crippen LogP contribution in [0.25, 0.3) is 0 Å². The largest absolute Gasteiger partial charge is 0.0577 e. The Balaban J connectivity index is 1.82. The van der Waals surface area contributed by atoms with Gasteiger partial charge in [-0.2, -0.15) is 0 Å². The predicted octanol–water partition coefficient (Wildman–Crippen LogP) is 7.29. The van der Waals surface area contributed by atoms with Crippen molar-refractivity contribution in [3.05, 3.63) is 97.2 Å². The molecule has 0 aliphatic carbocycles. The zero-order valence-electron chi connectivity index (χ0n) is 12.7. The summed E-state index contributed by atoms with van der Waals surface area (Å²) >= 11 is 9.66. The van der Waals surface area contributed by atoms with Gasteiger partial charge in [-0.05, 0) is 162 Å². The second kappa shape index (κ2) is 8.98. The monoisotopic (exact) mass is 762 g/mol. The molecule has 0 heterocycles. The molecule has 0 nitrogen and oxygen atoms in total. The fourth-order valence-corrected chi connectivity index (χ4v) is 4.71. The molecule has 0 spiro atoms. The van der Waals surface area contributed by atoms with Gasteiger partial charge in [0.05, 0.1) is 0 Å². The Hall–Kier alpha value is 0.580. The number of rotatable bonds is 4. The molecule has 24 heavy (non-hydrogen) atoms. The standard InChI is InChI=1S/C20H14I4/c21-17-5-1-13(2-6-17)9-15-11-20(24)16(12-19(15)23)10-14-3-7-18(22)8-4-14/h1-8,11-12H,9-10H2. The molecule has 122 valence electrons. The van der Waals surface area contributed by atoms with Gasteiger partial charge in [0.25, 0.3) is 0 Å². The number of hydrogen-bond acceptors (Lipinski definition) is 0. The van der Waals surface area contributed by atoms with E-state index in [1.54, 1.807) is 0 Å². The second-order valence-electron chi connectivity index (χ2n) is 5.64. The molecular weight excluding hydrogens is 748 g/mol. The minimum atomic E-state index is 0.995. The average Bonchev–Trinajstić information content (AvgIpc) is 2.56. The maximum atomic E-state index is 2.48. The highest BCUT2D eigenvalue weighted by Gasteiger charge is 2.09. The summed E-state index contributed by atoms with van der Waals surface area (Å²) in [5.74, 6) is 0. The molecule has 3 aromatic rings. The fraction of sp³-hybridized carbons (Fsp3) is 0.100. The minimum absolute atomic E-state index is 0.995. The summed E-state index contributed by atoms with van der Waals surface area (Å²) in [5, 5.41) is 0. The molecule has 0 aromatic heterocycles. The molecular formula is C20H14I4. The van der Waals surface area contributed by atoms with Crippen LogP contribution in [0.2, 0.25) is 0 Å². The maximum absolute atomic E-state index is 2.48. The Bertz CT molecular complexity index is 764. The summed E-state index contributed by atoms with van der Waals surface area (Å²) in [5.41, 5.74) is 5.56. The van der Waals surface area contributed by atoms with Crippen LogP contribution in [0, 0.1) is 14.3 Å². The van der Waals surface area contributed by atoms with E-state index in [4.69, 9.17) is 0 Å². The van der Waals surface area contributed by atoms with Crippen molar-refractivity contribution in [2.75, 3.05) is 0 Å². The highest BCUT2D eigenvalue weighted by molar-refractivity contribution is 14.1. The van der Waals surface area contributed by atoms with Gasteiger partial charge in [-0.25, -0.2) is 0 Å². The molecule has 3 rings (SSSR count). The normalized spacial score (nSPS) is 10.8. The van der Waals surface area contributed by atoms with E-state index in [1.165, 1.54) is 36.5 Å². The molecule has 0 fully saturated rings. The van der Waals surface area contributed by atoms with E-state index < -0.39 is 0 Å². The Kier molecular flexibility index (Phi) is 7.24. The summed E-state index contributed by atoms with van der Waals surface area (Å²) in [6.45, 7) is 0. The van der Waals surface area contributed by atoms with Gasteiger partial charge in [-0.15, -0.1) is 0 Å². The fourth-order valence-electron chi connectivity index (χ4n) is 2.54. The molecule has 0 aliphatic heterocycles. The SMILES string of the molecule is Ic1ccc(Cc2cc(I)c(Cc3ccc(I)cc3)cc2I)cc1. The smallest absolute Gasteiger partial charge is 0.0169 e. The number of benzene rings is 3. The lowest BCUT2D eigenvalue weighted by atomic mass is 10.0. The van der Waals surface area contributed by atoms with E-state index in [0.717, 1.165) is 12.8 Å². The molecule has 0 bridgehead atoms. The van der Waals surface area contributed by atoms with E-state index >= 15 is 0 Å². The van der Waals surface area contributed by atoms with Gasteiger partial charge in [-0.1, -0.05) is 24.3 Å². The Morgan fingerprint density at radius 2 is 0.833 bits per heavy atom. The third-order valence-corrected chi connectivity index (χ3v) is 7.28. The predicted molar refractivity (Wildman–Crippen MR) is 136 cm³/mol. The van der Waals surface area contributed by atoms with E-state index in [9.17, 15) is 0 Å². The van der Waals surface area contributed by atoms with Crippen LogP contribution in [-0.2, 0) is 12.8 Å². The molecule has 0 atom stereocenters. The van der Waals surface area contributed by atoms with E-state index in [2.05, 4.69) is 151 Å². The molecule has 0 saturated carbocycles. The Labute approximate surface area is 197 Å². The number of hydrogen-bond donors (Lipinski definition) is 0.